The number of aliphatic hydroxyl groups is 3. The van der Waals surface area contributed by atoms with Crippen molar-refractivity contribution in [2.45, 2.75) is 102 Å². The van der Waals surface area contributed by atoms with Gasteiger partial charge in [-0.05, 0) is 110 Å². The minimum atomic E-state index is -4.45. The van der Waals surface area contributed by atoms with E-state index in [1.165, 1.54) is 0 Å². The van der Waals surface area contributed by atoms with Gasteiger partial charge in [0.05, 0.1) is 24.9 Å². The molecule has 4 aliphatic rings. The molecule has 0 aliphatic heterocycles. The molecule has 5 rings (SSSR count). The average molecular weight is 607 g/mol. The van der Waals surface area contributed by atoms with Crippen molar-refractivity contribution in [3.8, 4) is 0 Å². The highest BCUT2D eigenvalue weighted by atomic mass is 32.2. The number of anilines is 1. The van der Waals surface area contributed by atoms with Gasteiger partial charge in [0.1, 0.15) is 0 Å². The number of para-hydroxylation sites is 1. The predicted molar refractivity (Wildman–Crippen MR) is 161 cm³/mol. The average Bonchev–Trinajstić information content (AvgIpc) is 3.29. The molecule has 42 heavy (non-hydrogen) atoms. The topological polar surface area (TPSA) is 156 Å². The molecule has 1 aromatic rings. The van der Waals surface area contributed by atoms with Gasteiger partial charge < -0.3 is 26.0 Å². The van der Waals surface area contributed by atoms with Gasteiger partial charge in [-0.3, -0.25) is 9.35 Å². The van der Waals surface area contributed by atoms with Crippen molar-refractivity contribution in [3.05, 3.63) is 30.3 Å². The lowest BCUT2D eigenvalue weighted by molar-refractivity contribution is -0.207. The van der Waals surface area contributed by atoms with Crippen LogP contribution in [0.4, 0.5) is 5.69 Å². The third-order valence-corrected chi connectivity index (χ3v) is 13.3. The van der Waals surface area contributed by atoms with Crippen molar-refractivity contribution in [2.75, 3.05) is 11.9 Å². The molecule has 4 saturated carbocycles. The van der Waals surface area contributed by atoms with E-state index in [-0.39, 0.29) is 71.3 Å². The van der Waals surface area contributed by atoms with Crippen LogP contribution >= 0.6 is 0 Å². The quantitative estimate of drug-likeness (QED) is 0.232. The Morgan fingerprint density at radius 2 is 1.74 bits per heavy atom. The number of carbonyl (C=O) groups is 1. The van der Waals surface area contributed by atoms with Gasteiger partial charge in [-0.1, -0.05) is 39.0 Å². The maximum absolute atomic E-state index is 12.8. The van der Waals surface area contributed by atoms with Crippen molar-refractivity contribution in [2.24, 2.45) is 46.3 Å². The fourth-order valence-electron chi connectivity index (χ4n) is 9.94. The highest BCUT2D eigenvalue weighted by Gasteiger charge is 2.65. The first-order chi connectivity index (χ1) is 19.7. The molecule has 0 radical (unpaired) electrons. The number of hydrogen-bond donors (Lipinski definition) is 6. The van der Waals surface area contributed by atoms with Crippen LogP contribution in [0.15, 0.2) is 30.3 Å². The summed E-state index contributed by atoms with van der Waals surface area (Å²) in [7, 11) is -4.45. The van der Waals surface area contributed by atoms with Crippen LogP contribution in [0, 0.1) is 46.3 Å². The molecule has 0 saturated heterocycles. The van der Waals surface area contributed by atoms with E-state index in [0.717, 1.165) is 38.5 Å². The predicted octanol–water partition coefficient (Wildman–Crippen LogP) is 3.81. The normalized spacial score (nSPS) is 41.1. The molecule has 1 amide bonds. The molecule has 9 nitrogen and oxygen atoms in total. The van der Waals surface area contributed by atoms with Gasteiger partial charge in [0, 0.05) is 12.1 Å². The van der Waals surface area contributed by atoms with Crippen LogP contribution in [0.2, 0.25) is 0 Å². The molecule has 0 bridgehead atoms. The number of benzene rings is 1. The number of rotatable bonds is 9. The van der Waals surface area contributed by atoms with E-state index < -0.39 is 27.7 Å². The first-order valence-electron chi connectivity index (χ1n) is 15.8. The van der Waals surface area contributed by atoms with E-state index in [9.17, 15) is 33.1 Å². The summed E-state index contributed by atoms with van der Waals surface area (Å²) in [4.78, 5) is 12.8. The van der Waals surface area contributed by atoms with E-state index in [0.29, 0.717) is 18.5 Å². The Bertz CT molecular complexity index is 1210. The first kappa shape index (κ1) is 31.7. The largest absolute Gasteiger partial charge is 0.393 e. The number of amides is 1. The van der Waals surface area contributed by atoms with Crippen LogP contribution in [0.5, 0.6) is 0 Å². The summed E-state index contributed by atoms with van der Waals surface area (Å²) in [6, 6.07) is 8.65. The lowest BCUT2D eigenvalue weighted by atomic mass is 9.43. The molecular weight excluding hydrogens is 556 g/mol. The van der Waals surface area contributed by atoms with E-state index in [2.05, 4.69) is 31.4 Å². The lowest BCUT2D eigenvalue weighted by Crippen LogP contribution is -2.62. The number of carbonyl (C=O) groups excluding carboxylic acids is 1. The summed E-state index contributed by atoms with van der Waals surface area (Å²) in [5.41, 5.74) is 0.210. The van der Waals surface area contributed by atoms with Crippen LogP contribution < -0.4 is 10.6 Å². The molecule has 12 atom stereocenters. The maximum atomic E-state index is 12.8. The molecule has 0 heterocycles. The van der Waals surface area contributed by atoms with Crippen LogP contribution in [-0.2, 0) is 14.9 Å². The Balaban J connectivity index is 1.20. The highest BCUT2D eigenvalue weighted by molar-refractivity contribution is 7.86. The number of aliphatic hydroxyl groups excluding tert-OH is 3. The molecule has 4 aliphatic carbocycles. The van der Waals surface area contributed by atoms with Crippen LogP contribution in [0.1, 0.15) is 78.6 Å². The minimum Gasteiger partial charge on any atom is -0.393 e. The third-order valence-electron chi connectivity index (χ3n) is 12.3. The molecule has 6 N–H and O–H groups in total. The summed E-state index contributed by atoms with van der Waals surface area (Å²) in [6.45, 7) is 6.41. The lowest BCUT2D eigenvalue weighted by Gasteiger charge is -2.63. The summed E-state index contributed by atoms with van der Waals surface area (Å²) in [5, 5.41) is 37.6. The fraction of sp³-hybridized carbons (Fsp3) is 0.781. The maximum Gasteiger partial charge on any atom is 0.287 e. The standard InChI is InChI=1S/C32H50N2O7S/c1-19(9-12-28(38)33-18-29(42(39,40)41)34-21-7-5-4-6-8-21)23-10-11-24-30-25(17-27(37)32(23,24)3)31(2)14-13-22(35)15-20(31)16-26(30)36/h4-8,19-20,22-27,29-30,34-37H,9-18H2,1-3H3,(H,33,38)(H,39,40,41)/t19-,20?,22-,23-,24+,25+,26-,27+,29?,30+,31+,32-/m1/s1. The monoisotopic (exact) mass is 606 g/mol. The fourth-order valence-corrected chi connectivity index (χ4v) is 10.5. The first-order valence-corrected chi connectivity index (χ1v) is 17.3. The summed E-state index contributed by atoms with van der Waals surface area (Å²) in [5.74, 6) is 0.971. The zero-order valence-corrected chi connectivity index (χ0v) is 26.0. The second-order valence-electron chi connectivity index (χ2n) is 14.4. The summed E-state index contributed by atoms with van der Waals surface area (Å²) >= 11 is 0. The molecule has 10 heteroatoms. The Hall–Kier alpha value is -1.72. The summed E-state index contributed by atoms with van der Waals surface area (Å²) < 4.78 is 33.5. The van der Waals surface area contributed by atoms with E-state index in [1.54, 1.807) is 30.3 Å². The van der Waals surface area contributed by atoms with Crippen molar-refractivity contribution >= 4 is 21.7 Å². The zero-order valence-electron chi connectivity index (χ0n) is 25.2. The zero-order chi connectivity index (χ0) is 30.4. The minimum absolute atomic E-state index is 0.0303. The Labute approximate surface area is 250 Å². The van der Waals surface area contributed by atoms with Gasteiger partial charge in [-0.2, -0.15) is 8.42 Å². The van der Waals surface area contributed by atoms with Gasteiger partial charge in [-0.25, -0.2) is 0 Å². The second-order valence-corrected chi connectivity index (χ2v) is 16.0. The van der Waals surface area contributed by atoms with Crippen LogP contribution in [0.25, 0.3) is 0 Å². The van der Waals surface area contributed by atoms with Gasteiger partial charge >= 0.3 is 0 Å². The third kappa shape index (κ3) is 5.86. The molecule has 4 fully saturated rings. The van der Waals surface area contributed by atoms with Gasteiger partial charge in [0.2, 0.25) is 5.91 Å². The smallest absolute Gasteiger partial charge is 0.287 e. The second kappa shape index (κ2) is 12.0. The van der Waals surface area contributed by atoms with Crippen molar-refractivity contribution in [1.82, 2.24) is 5.32 Å². The SMILES string of the molecule is C[C@H](CCC(=O)NCC(Nc1ccccc1)S(=O)(=O)O)[C@H]1CC[C@H]2[C@@H]3[C@H](O)CC4C[C@H](O)CC[C@]4(C)[C@H]3C[C@H](O)[C@]12C. The van der Waals surface area contributed by atoms with Gasteiger partial charge in [-0.15, -0.1) is 0 Å². The van der Waals surface area contributed by atoms with E-state index in [1.807, 2.05) is 0 Å². The Kier molecular flexibility index (Phi) is 9.05. The molecular formula is C32H50N2O7S. The van der Waals surface area contributed by atoms with Crippen LogP contribution in [0.3, 0.4) is 0 Å². The van der Waals surface area contributed by atoms with Crippen molar-refractivity contribution in [1.29, 1.82) is 0 Å². The number of hydrogen-bond acceptors (Lipinski definition) is 7. The van der Waals surface area contributed by atoms with Crippen LogP contribution in [-0.4, -0.2) is 64.4 Å². The Morgan fingerprint density at radius 1 is 1.02 bits per heavy atom. The molecule has 236 valence electrons. The van der Waals surface area contributed by atoms with E-state index in [4.69, 9.17) is 0 Å². The van der Waals surface area contributed by atoms with Gasteiger partial charge in [0.25, 0.3) is 10.1 Å². The highest BCUT2D eigenvalue weighted by Crippen LogP contribution is 2.68. The molecule has 0 spiro atoms. The summed E-state index contributed by atoms with van der Waals surface area (Å²) in [6.07, 6.45) is 5.39. The Morgan fingerprint density at radius 3 is 2.43 bits per heavy atom. The molecule has 1 aromatic carbocycles. The van der Waals surface area contributed by atoms with Crippen molar-refractivity contribution < 1.29 is 33.1 Å². The molecule has 0 aromatic heterocycles. The van der Waals surface area contributed by atoms with Crippen molar-refractivity contribution in [3.63, 3.8) is 0 Å². The van der Waals surface area contributed by atoms with Gasteiger partial charge in [0.15, 0.2) is 5.37 Å². The number of fused-ring (bicyclic) bond motifs is 5. The molecule has 2 unspecified atom stereocenters. The number of nitrogens with one attached hydrogen (secondary N) is 2. The van der Waals surface area contributed by atoms with E-state index >= 15 is 0 Å².